The molecule has 0 unspecified atom stereocenters. The maximum absolute atomic E-state index is 6.10. The van der Waals surface area contributed by atoms with Gasteiger partial charge in [0.25, 0.3) is 0 Å². The summed E-state index contributed by atoms with van der Waals surface area (Å²) in [5.41, 5.74) is 0. The summed E-state index contributed by atoms with van der Waals surface area (Å²) in [5, 5.41) is 7.70. The van der Waals surface area contributed by atoms with Crippen molar-refractivity contribution < 1.29 is 9.47 Å². The number of ether oxygens (including phenoxy) is 2. The number of rotatable bonds is 5. The Bertz CT molecular complexity index is 867. The number of nitrogens with zero attached hydrogens (tertiary/aromatic N) is 5. The topological polar surface area (TPSA) is 87.0 Å². The second-order valence-corrected chi connectivity index (χ2v) is 6.89. The van der Waals surface area contributed by atoms with Gasteiger partial charge in [0.15, 0.2) is 0 Å². The molecular formula is C17H17IN6O2. The van der Waals surface area contributed by atoms with Crippen molar-refractivity contribution >= 4 is 34.2 Å². The Morgan fingerprint density at radius 2 is 1.96 bits per heavy atom. The Balaban J connectivity index is 1.53. The molecule has 8 nitrogen and oxygen atoms in total. The van der Waals surface area contributed by atoms with Crippen LogP contribution in [0.2, 0.25) is 0 Å². The first-order valence-corrected chi connectivity index (χ1v) is 9.35. The van der Waals surface area contributed by atoms with E-state index >= 15 is 0 Å². The monoisotopic (exact) mass is 464 g/mol. The van der Waals surface area contributed by atoms with Gasteiger partial charge in [0.1, 0.15) is 21.1 Å². The predicted octanol–water partition coefficient (Wildman–Crippen LogP) is 3.56. The van der Waals surface area contributed by atoms with Crippen molar-refractivity contribution in [2.75, 3.05) is 18.5 Å². The molecular weight excluding hydrogens is 447 g/mol. The van der Waals surface area contributed by atoms with Gasteiger partial charge < -0.3 is 14.8 Å². The van der Waals surface area contributed by atoms with Crippen LogP contribution in [-0.2, 0) is 4.74 Å². The van der Waals surface area contributed by atoms with Crippen molar-refractivity contribution in [3.05, 3.63) is 46.7 Å². The molecule has 1 fully saturated rings. The minimum atomic E-state index is 0.293. The molecule has 1 saturated heterocycles. The molecule has 26 heavy (non-hydrogen) atoms. The van der Waals surface area contributed by atoms with Crippen LogP contribution in [0.1, 0.15) is 18.9 Å². The lowest BCUT2D eigenvalue weighted by molar-refractivity contribution is 0.0642. The van der Waals surface area contributed by atoms with Gasteiger partial charge >= 0.3 is 0 Å². The molecule has 0 atom stereocenters. The molecule has 0 aromatic carbocycles. The first-order chi connectivity index (χ1) is 12.8. The lowest BCUT2D eigenvalue weighted by atomic mass is 10.1. The fourth-order valence-corrected chi connectivity index (χ4v) is 3.27. The molecule has 0 spiro atoms. The van der Waals surface area contributed by atoms with Crippen LogP contribution >= 0.6 is 22.6 Å². The van der Waals surface area contributed by atoms with Crippen LogP contribution in [0.15, 0.2) is 43.0 Å². The summed E-state index contributed by atoms with van der Waals surface area (Å²) in [6.45, 7) is 1.50. The molecule has 1 N–H and O–H groups in total. The van der Waals surface area contributed by atoms with Gasteiger partial charge in [0.05, 0.1) is 12.2 Å². The average Bonchev–Trinajstić information content (AvgIpc) is 3.04. The van der Waals surface area contributed by atoms with Crippen LogP contribution in [0, 0.1) is 3.70 Å². The highest BCUT2D eigenvalue weighted by atomic mass is 127. The van der Waals surface area contributed by atoms with E-state index in [0.29, 0.717) is 23.4 Å². The summed E-state index contributed by atoms with van der Waals surface area (Å²) >= 11 is 2.20. The van der Waals surface area contributed by atoms with Crippen molar-refractivity contribution in [2.24, 2.45) is 0 Å². The molecule has 0 bridgehead atoms. The largest absolute Gasteiger partial charge is 0.439 e. The molecule has 1 aliphatic rings. The minimum absolute atomic E-state index is 0.293. The zero-order chi connectivity index (χ0) is 17.8. The summed E-state index contributed by atoms with van der Waals surface area (Å²) in [5.74, 6) is 2.66. The maximum Gasteiger partial charge on any atom is 0.219 e. The van der Waals surface area contributed by atoms with E-state index in [1.165, 1.54) is 0 Å². The van der Waals surface area contributed by atoms with E-state index in [0.717, 1.165) is 35.6 Å². The summed E-state index contributed by atoms with van der Waals surface area (Å²) in [4.78, 5) is 12.5. The zero-order valence-electron chi connectivity index (χ0n) is 13.9. The highest BCUT2D eigenvalue weighted by molar-refractivity contribution is 14.1. The van der Waals surface area contributed by atoms with Gasteiger partial charge in [-0.05, 0) is 41.5 Å². The van der Waals surface area contributed by atoms with Crippen molar-refractivity contribution in [3.63, 3.8) is 0 Å². The van der Waals surface area contributed by atoms with Gasteiger partial charge in [-0.1, -0.05) is 0 Å². The molecule has 4 rings (SSSR count). The molecule has 3 aromatic heterocycles. The SMILES string of the molecule is Ic1cc(Oc2ccnc(Nc3cnccn3)c2)n(C2CCOCC2)n1. The summed E-state index contributed by atoms with van der Waals surface area (Å²) in [6.07, 6.45) is 8.44. The lowest BCUT2D eigenvalue weighted by Crippen LogP contribution is -2.21. The molecule has 4 heterocycles. The Labute approximate surface area is 164 Å². The zero-order valence-corrected chi connectivity index (χ0v) is 16.0. The second-order valence-electron chi connectivity index (χ2n) is 5.79. The van der Waals surface area contributed by atoms with Crippen LogP contribution in [0.5, 0.6) is 11.6 Å². The average molecular weight is 464 g/mol. The number of nitrogens with one attached hydrogen (secondary N) is 1. The number of anilines is 2. The fourth-order valence-electron chi connectivity index (χ4n) is 2.78. The van der Waals surface area contributed by atoms with E-state index in [1.807, 2.05) is 22.9 Å². The summed E-state index contributed by atoms with van der Waals surface area (Å²) in [7, 11) is 0. The Morgan fingerprint density at radius 3 is 2.77 bits per heavy atom. The number of hydrogen-bond donors (Lipinski definition) is 1. The third-order valence-corrected chi connectivity index (χ3v) is 4.51. The van der Waals surface area contributed by atoms with Crippen LogP contribution < -0.4 is 10.1 Å². The van der Waals surface area contributed by atoms with E-state index in [-0.39, 0.29) is 0 Å². The molecule has 0 amide bonds. The number of hydrogen-bond acceptors (Lipinski definition) is 7. The van der Waals surface area contributed by atoms with Crippen LogP contribution in [0.4, 0.5) is 11.6 Å². The van der Waals surface area contributed by atoms with Crippen molar-refractivity contribution in [3.8, 4) is 11.6 Å². The lowest BCUT2D eigenvalue weighted by Gasteiger charge is -2.23. The van der Waals surface area contributed by atoms with E-state index in [1.54, 1.807) is 24.8 Å². The van der Waals surface area contributed by atoms with Crippen molar-refractivity contribution in [1.29, 1.82) is 0 Å². The third kappa shape index (κ3) is 4.10. The Kier molecular flexibility index (Phi) is 5.25. The predicted molar refractivity (Wildman–Crippen MR) is 104 cm³/mol. The Morgan fingerprint density at radius 1 is 1.12 bits per heavy atom. The van der Waals surface area contributed by atoms with E-state index in [9.17, 15) is 0 Å². The molecule has 134 valence electrons. The molecule has 0 aliphatic carbocycles. The smallest absolute Gasteiger partial charge is 0.219 e. The molecule has 1 aliphatic heterocycles. The summed E-state index contributed by atoms with van der Waals surface area (Å²) in [6, 6.07) is 5.87. The van der Waals surface area contributed by atoms with Crippen molar-refractivity contribution in [2.45, 2.75) is 18.9 Å². The van der Waals surface area contributed by atoms with E-state index < -0.39 is 0 Å². The third-order valence-electron chi connectivity index (χ3n) is 3.98. The highest BCUT2D eigenvalue weighted by Crippen LogP contribution is 2.31. The maximum atomic E-state index is 6.10. The standard InChI is InChI=1S/C17H17IN6O2/c18-14-10-17(24(23-14)12-2-7-25-8-3-12)26-13-1-4-20-15(9-13)22-16-11-19-5-6-21-16/h1,4-6,9-12H,2-3,7-8H2,(H,20,21,22). The molecule has 0 saturated carbocycles. The number of pyridine rings is 1. The Hall–Kier alpha value is -2.27. The second kappa shape index (κ2) is 7.96. The van der Waals surface area contributed by atoms with Crippen LogP contribution in [0.3, 0.4) is 0 Å². The molecule has 0 radical (unpaired) electrons. The van der Waals surface area contributed by atoms with Gasteiger partial charge in [0, 0.05) is 43.9 Å². The quantitative estimate of drug-likeness (QED) is 0.578. The highest BCUT2D eigenvalue weighted by Gasteiger charge is 2.21. The van der Waals surface area contributed by atoms with Crippen LogP contribution in [0.25, 0.3) is 0 Å². The van der Waals surface area contributed by atoms with Gasteiger partial charge in [-0.3, -0.25) is 4.98 Å². The van der Waals surface area contributed by atoms with Gasteiger partial charge in [-0.25, -0.2) is 14.6 Å². The van der Waals surface area contributed by atoms with Crippen molar-refractivity contribution in [1.82, 2.24) is 24.7 Å². The minimum Gasteiger partial charge on any atom is -0.439 e. The van der Waals surface area contributed by atoms with Gasteiger partial charge in [-0.2, -0.15) is 5.10 Å². The first kappa shape index (κ1) is 17.2. The van der Waals surface area contributed by atoms with E-state index in [2.05, 4.69) is 48.0 Å². The molecule has 9 heteroatoms. The number of halogens is 1. The summed E-state index contributed by atoms with van der Waals surface area (Å²) < 4.78 is 14.4. The normalized spacial score (nSPS) is 15.0. The number of aromatic nitrogens is 5. The van der Waals surface area contributed by atoms with Gasteiger partial charge in [0.2, 0.25) is 5.88 Å². The molecule has 3 aromatic rings. The fraction of sp³-hybridized carbons (Fsp3) is 0.294. The van der Waals surface area contributed by atoms with E-state index in [4.69, 9.17) is 9.47 Å². The first-order valence-electron chi connectivity index (χ1n) is 8.28. The van der Waals surface area contributed by atoms with Crippen LogP contribution in [-0.4, -0.2) is 37.9 Å². The van der Waals surface area contributed by atoms with Gasteiger partial charge in [-0.15, -0.1) is 0 Å².